The summed E-state index contributed by atoms with van der Waals surface area (Å²) in [6.07, 6.45) is 13.5. The van der Waals surface area contributed by atoms with Crippen molar-refractivity contribution in [3.05, 3.63) is 245 Å². The van der Waals surface area contributed by atoms with Crippen LogP contribution in [0.2, 0.25) is 0 Å². The van der Waals surface area contributed by atoms with Crippen LogP contribution in [0.25, 0.3) is 38.4 Å². The lowest BCUT2D eigenvalue weighted by molar-refractivity contribution is -0.688. The second-order valence-corrected chi connectivity index (χ2v) is 20.9. The molecule has 8 aromatic rings. The van der Waals surface area contributed by atoms with E-state index < -0.39 is 30.4 Å². The Kier molecular flexibility index (Phi) is 19.1. The van der Waals surface area contributed by atoms with E-state index in [0.29, 0.717) is 0 Å². The van der Waals surface area contributed by atoms with Crippen molar-refractivity contribution in [3.8, 4) is 11.1 Å². The molecule has 14 heteroatoms. The first-order chi connectivity index (χ1) is 34.9. The molecule has 74 heavy (non-hydrogen) atoms. The number of fused-ring (bicyclic) bond motifs is 4. The van der Waals surface area contributed by atoms with Gasteiger partial charge in [-0.3, -0.25) is 4.79 Å². The molecule has 0 amide bonds. The Hall–Kier alpha value is -7.19. The number of Topliss-reactive ketones (excluding diaryl/α,β-unsaturated/α-hetero) is 1. The summed E-state index contributed by atoms with van der Waals surface area (Å²) in [6, 6.07) is 51.0. The summed E-state index contributed by atoms with van der Waals surface area (Å²) < 4.78 is 60.2. The number of hydrogen-bond donors (Lipinski definition) is 1. The first-order valence-corrected chi connectivity index (χ1v) is 26.8. The highest BCUT2D eigenvalue weighted by molar-refractivity contribution is 7.97. The fraction of sp³-hybridized carbons (Fsp3) is 0.150. The van der Waals surface area contributed by atoms with Crippen LogP contribution in [0.3, 0.4) is 0 Å². The molecule has 0 bridgehead atoms. The lowest BCUT2D eigenvalue weighted by Gasteiger charge is -2.13. The van der Waals surface area contributed by atoms with E-state index in [4.69, 9.17) is 4.74 Å². The number of aliphatic hydroxyl groups excluding tert-OH is 1. The molecule has 1 N–H and O–H groups in total. The summed E-state index contributed by atoms with van der Waals surface area (Å²) in [5.74, 6) is -0.928. The predicted molar refractivity (Wildman–Crippen MR) is 285 cm³/mol. The molecule has 0 fully saturated rings. The van der Waals surface area contributed by atoms with E-state index in [9.17, 15) is 26.7 Å². The van der Waals surface area contributed by atoms with E-state index in [2.05, 4.69) is 169 Å². The topological polar surface area (TPSA) is 126 Å². The highest BCUT2D eigenvalue weighted by Gasteiger charge is 2.38. The maximum absolute atomic E-state index is 12.7. The smallest absolute Gasteiger partial charge is 0.211 e. The number of aromatic nitrogens is 2. The summed E-state index contributed by atoms with van der Waals surface area (Å²) in [5, 5.41) is 15.5. The zero-order chi connectivity index (χ0) is 50.8. The molecule has 0 atom stereocenters. The number of hydrogen-bond acceptors (Lipinski definition) is 8. The molecule has 4 heterocycles. The molecular formula is C60H57Cl2N3O7S2. The van der Waals surface area contributed by atoms with Gasteiger partial charge < -0.3 is 39.6 Å². The molecule has 10 nitrogen and oxygen atoms in total. The number of benzene rings is 6. The second kappa shape index (κ2) is 25.2. The number of halogens is 2. The van der Waals surface area contributed by atoms with E-state index in [1.807, 2.05) is 0 Å². The average molecular weight is 1070 g/mol. The minimum absolute atomic E-state index is 0. The van der Waals surface area contributed by atoms with Gasteiger partial charge in [-0.15, -0.1) is 0 Å². The Labute approximate surface area is 446 Å². The third kappa shape index (κ3) is 12.2. The number of pyridine rings is 2. The van der Waals surface area contributed by atoms with Crippen LogP contribution in [-0.2, 0) is 37.5 Å². The van der Waals surface area contributed by atoms with Gasteiger partial charge in [0.05, 0.1) is 16.9 Å². The quantitative estimate of drug-likeness (QED) is 0.0783. The standard InChI is InChI=1S/C32H26N2.C22H16O7S2.C6H15N.2ClH/c1-3-13-31-27(7-1)9-5-11-29(31)23-33-19-15-25(16-20-33)26-17-21-34(22-18-26)24-30-12-6-10-28-8-2-4-14-32(28)30;1-29-14(10-12-19-21(23)15-6-2-4-8-17(15)30(19,25)26)11-13-20-22(24)16-7-3-5-9-18(16)31(20,27)28;1-4-7(5-2)6-3;;/h1-22H,23-24H2;2-13,23H,1H3;4-6H2,1-3H3;2*1H/q+2;;;;/p-2. The number of carbonyl (C=O) groups is 1. The zero-order valence-electron chi connectivity index (χ0n) is 41.5. The van der Waals surface area contributed by atoms with Gasteiger partial charge in [-0.05, 0) is 101 Å². The summed E-state index contributed by atoms with van der Waals surface area (Å²) in [5.41, 5.74) is 5.43. The Morgan fingerprint density at radius 2 is 1.00 bits per heavy atom. The third-order valence-electron chi connectivity index (χ3n) is 12.8. The van der Waals surface area contributed by atoms with Gasteiger partial charge in [0.25, 0.3) is 0 Å². The van der Waals surface area contributed by atoms with Gasteiger partial charge in [0.2, 0.25) is 25.5 Å². The molecule has 0 spiro atoms. The normalized spacial score (nSPS) is 14.6. The van der Waals surface area contributed by atoms with Crippen molar-refractivity contribution in [3.63, 3.8) is 0 Å². The van der Waals surface area contributed by atoms with Gasteiger partial charge in [0.1, 0.15) is 21.3 Å². The number of nitrogens with zero attached hydrogens (tertiary/aromatic N) is 3. The number of carbonyl (C=O) groups excluding carboxylic acids is 1. The summed E-state index contributed by atoms with van der Waals surface area (Å²) >= 11 is 0. The van der Waals surface area contributed by atoms with Crippen molar-refractivity contribution in [2.24, 2.45) is 0 Å². The van der Waals surface area contributed by atoms with E-state index in [-0.39, 0.29) is 62.2 Å². The largest absolute Gasteiger partial charge is 1.00 e. The second-order valence-electron chi connectivity index (χ2n) is 17.1. The molecule has 2 aliphatic rings. The highest BCUT2D eigenvalue weighted by atomic mass is 35.5. The highest BCUT2D eigenvalue weighted by Crippen LogP contribution is 2.38. The van der Waals surface area contributed by atoms with Crippen LogP contribution in [0.1, 0.15) is 47.8 Å². The molecule has 6 aromatic carbocycles. The van der Waals surface area contributed by atoms with Crippen LogP contribution in [-0.4, -0.2) is 59.4 Å². The Balaban J connectivity index is 0.000000209. The third-order valence-corrected chi connectivity index (χ3v) is 16.5. The zero-order valence-corrected chi connectivity index (χ0v) is 44.6. The van der Waals surface area contributed by atoms with Gasteiger partial charge in [0, 0.05) is 46.5 Å². The molecule has 2 aromatic heterocycles. The SMILES string of the molecule is CCN(CC)CC.COC(C=CC1=C(O)c2ccccc2S1(=O)=O)=CC=C1C(=O)c2ccccc2S1(=O)=O.[Cl-].[Cl-].c1ccc2c(C[n+]3ccc(-c4cc[n+](Cc5cccc6ccccc56)cc4)cc3)cccc2c1. The van der Waals surface area contributed by atoms with Crippen molar-refractivity contribution in [2.75, 3.05) is 26.7 Å². The van der Waals surface area contributed by atoms with E-state index in [1.165, 1.54) is 113 Å². The molecule has 0 saturated heterocycles. The van der Waals surface area contributed by atoms with Gasteiger partial charge in [-0.2, -0.15) is 0 Å². The number of aliphatic hydroxyl groups is 1. The number of ketones is 1. The molecule has 0 unspecified atom stereocenters. The number of ether oxygens (including phenoxy) is 1. The van der Waals surface area contributed by atoms with Gasteiger partial charge in [-0.1, -0.05) is 130 Å². The fourth-order valence-electron chi connectivity index (χ4n) is 8.81. The van der Waals surface area contributed by atoms with Crippen LogP contribution < -0.4 is 33.9 Å². The molecule has 10 rings (SSSR count). The average Bonchev–Trinajstić information content (AvgIpc) is 3.73. The van der Waals surface area contributed by atoms with Gasteiger partial charge in [-0.25, -0.2) is 26.0 Å². The van der Waals surface area contributed by atoms with Crippen LogP contribution in [0, 0.1) is 0 Å². The predicted octanol–water partition coefficient (Wildman–Crippen LogP) is 5.03. The van der Waals surface area contributed by atoms with E-state index >= 15 is 0 Å². The van der Waals surface area contributed by atoms with E-state index in [0.717, 1.165) is 25.2 Å². The van der Waals surface area contributed by atoms with Crippen molar-refractivity contribution in [1.82, 2.24) is 4.90 Å². The molecular weight excluding hydrogens is 1010 g/mol. The van der Waals surface area contributed by atoms with Gasteiger partial charge >= 0.3 is 0 Å². The Morgan fingerprint density at radius 1 is 0.568 bits per heavy atom. The number of allylic oxidation sites excluding steroid dienone is 5. The lowest BCUT2D eigenvalue weighted by Crippen LogP contribution is -3.00. The molecule has 0 aliphatic carbocycles. The number of methoxy groups -OCH3 is 1. The van der Waals surface area contributed by atoms with Crippen molar-refractivity contribution < 1.29 is 65.4 Å². The van der Waals surface area contributed by atoms with Crippen molar-refractivity contribution in [1.29, 1.82) is 0 Å². The van der Waals surface area contributed by atoms with Crippen LogP contribution in [0.5, 0.6) is 0 Å². The van der Waals surface area contributed by atoms with Crippen LogP contribution >= 0.6 is 0 Å². The Bertz CT molecular complexity index is 3510. The minimum Gasteiger partial charge on any atom is -1.00 e. The first kappa shape index (κ1) is 56.1. The summed E-state index contributed by atoms with van der Waals surface area (Å²) in [7, 11) is -6.54. The summed E-state index contributed by atoms with van der Waals surface area (Å²) in [4.78, 5) is 14.1. The maximum atomic E-state index is 12.7. The fourth-order valence-corrected chi connectivity index (χ4v) is 11.9. The van der Waals surface area contributed by atoms with Gasteiger partial charge in [0.15, 0.2) is 37.9 Å². The number of sulfone groups is 2. The van der Waals surface area contributed by atoms with Crippen molar-refractivity contribution >= 4 is 52.8 Å². The monoisotopic (exact) mass is 1070 g/mol. The number of rotatable bonds is 12. The van der Waals surface area contributed by atoms with Crippen LogP contribution in [0.15, 0.2) is 232 Å². The molecule has 2 aliphatic heterocycles. The molecule has 0 saturated carbocycles. The van der Waals surface area contributed by atoms with E-state index in [1.54, 1.807) is 18.2 Å². The minimum atomic E-state index is -3.95. The maximum Gasteiger partial charge on any atom is 0.211 e. The van der Waals surface area contributed by atoms with Crippen LogP contribution in [0.4, 0.5) is 0 Å². The summed E-state index contributed by atoms with van der Waals surface area (Å²) in [6.45, 7) is 11.9. The lowest BCUT2D eigenvalue weighted by atomic mass is 10.0. The Morgan fingerprint density at radius 3 is 1.45 bits per heavy atom. The molecule has 380 valence electrons. The molecule has 0 radical (unpaired) electrons. The van der Waals surface area contributed by atoms with Crippen molar-refractivity contribution in [2.45, 2.75) is 43.7 Å². The first-order valence-electron chi connectivity index (χ1n) is 23.8.